The molecule has 4 heteroatoms. The van der Waals surface area contributed by atoms with E-state index in [1.54, 1.807) is 6.20 Å². The third-order valence-electron chi connectivity index (χ3n) is 3.25. The Hall–Kier alpha value is -1.97. The molecule has 1 saturated heterocycles. The zero-order valence-electron chi connectivity index (χ0n) is 11.4. The number of urea groups is 1. The summed E-state index contributed by atoms with van der Waals surface area (Å²) in [6.45, 7) is 5.34. The van der Waals surface area contributed by atoms with Gasteiger partial charge in [-0.25, -0.2) is 4.79 Å². The van der Waals surface area contributed by atoms with Crippen molar-refractivity contribution >= 4 is 11.7 Å². The van der Waals surface area contributed by atoms with E-state index in [-0.39, 0.29) is 6.03 Å². The number of nitrogens with one attached hydrogen (secondary N) is 1. The molecule has 1 heterocycles. The lowest BCUT2D eigenvalue weighted by atomic mass is 10.2. The fraction of sp³-hybridized carbons (Fsp3) is 0.400. The summed E-state index contributed by atoms with van der Waals surface area (Å²) in [5.74, 6) is 0. The summed E-state index contributed by atoms with van der Waals surface area (Å²) in [5.41, 5.74) is 1.23. The SMILES string of the molecule is CC/C=C/NC(=O)N1CCN(c2ccccc2)CC1. The van der Waals surface area contributed by atoms with Gasteiger partial charge in [-0.15, -0.1) is 0 Å². The quantitative estimate of drug-likeness (QED) is 0.905. The number of benzene rings is 1. The Bertz CT molecular complexity index is 422. The molecule has 1 aromatic rings. The molecular weight excluding hydrogens is 238 g/mol. The topological polar surface area (TPSA) is 35.6 Å². The van der Waals surface area contributed by atoms with Crippen LogP contribution in [0.25, 0.3) is 0 Å². The Balaban J connectivity index is 1.82. The van der Waals surface area contributed by atoms with Crippen LogP contribution in [0.2, 0.25) is 0 Å². The van der Waals surface area contributed by atoms with Gasteiger partial charge in [-0.2, -0.15) is 0 Å². The van der Waals surface area contributed by atoms with Gasteiger partial charge in [-0.05, 0) is 18.6 Å². The molecule has 1 fully saturated rings. The molecule has 0 radical (unpaired) electrons. The van der Waals surface area contributed by atoms with Gasteiger partial charge in [0, 0.05) is 38.1 Å². The Kier molecular flexibility index (Phi) is 4.84. The zero-order valence-corrected chi connectivity index (χ0v) is 11.4. The Labute approximate surface area is 114 Å². The van der Waals surface area contributed by atoms with Crippen molar-refractivity contribution in [2.45, 2.75) is 13.3 Å². The van der Waals surface area contributed by atoms with Crippen LogP contribution in [0.4, 0.5) is 10.5 Å². The molecule has 19 heavy (non-hydrogen) atoms. The van der Waals surface area contributed by atoms with Gasteiger partial charge in [0.25, 0.3) is 0 Å². The van der Waals surface area contributed by atoms with Crippen molar-refractivity contribution < 1.29 is 4.79 Å². The molecule has 0 atom stereocenters. The smallest absolute Gasteiger partial charge is 0.321 e. The van der Waals surface area contributed by atoms with E-state index in [1.165, 1.54) is 5.69 Å². The highest BCUT2D eigenvalue weighted by Gasteiger charge is 2.20. The van der Waals surface area contributed by atoms with Crippen LogP contribution in [0.1, 0.15) is 13.3 Å². The fourth-order valence-electron chi connectivity index (χ4n) is 2.15. The van der Waals surface area contributed by atoms with Gasteiger partial charge in [0.15, 0.2) is 0 Å². The Morgan fingerprint density at radius 2 is 1.89 bits per heavy atom. The number of nitrogens with zero attached hydrogens (tertiary/aromatic N) is 2. The number of hydrogen-bond donors (Lipinski definition) is 1. The van der Waals surface area contributed by atoms with E-state index in [4.69, 9.17) is 0 Å². The average molecular weight is 259 g/mol. The first kappa shape index (κ1) is 13.5. The number of carbonyl (C=O) groups is 1. The molecule has 0 bridgehead atoms. The molecule has 0 saturated carbocycles. The molecule has 2 amide bonds. The van der Waals surface area contributed by atoms with Crippen molar-refractivity contribution in [3.05, 3.63) is 42.6 Å². The predicted molar refractivity (Wildman–Crippen MR) is 78.2 cm³/mol. The lowest BCUT2D eigenvalue weighted by Gasteiger charge is -2.35. The summed E-state index contributed by atoms with van der Waals surface area (Å²) >= 11 is 0. The second-order valence-electron chi connectivity index (χ2n) is 4.57. The second kappa shape index (κ2) is 6.83. The standard InChI is InChI=1S/C15H21N3O/c1-2-3-9-16-15(19)18-12-10-17(11-13-18)14-7-5-4-6-8-14/h3-9H,2,10-13H2,1H3,(H,16,19)/b9-3+. The maximum Gasteiger partial charge on any atom is 0.321 e. The number of carbonyl (C=O) groups excluding carboxylic acids is 1. The van der Waals surface area contributed by atoms with Gasteiger partial charge in [0.1, 0.15) is 0 Å². The van der Waals surface area contributed by atoms with Gasteiger partial charge in [0.2, 0.25) is 0 Å². The van der Waals surface area contributed by atoms with Crippen LogP contribution in [0.3, 0.4) is 0 Å². The van der Waals surface area contributed by atoms with E-state index in [0.717, 1.165) is 32.6 Å². The predicted octanol–water partition coefficient (Wildman–Crippen LogP) is 2.44. The lowest BCUT2D eigenvalue weighted by Crippen LogP contribution is -2.51. The van der Waals surface area contributed by atoms with E-state index in [9.17, 15) is 4.79 Å². The van der Waals surface area contributed by atoms with Gasteiger partial charge in [-0.1, -0.05) is 31.2 Å². The van der Waals surface area contributed by atoms with E-state index in [0.29, 0.717) is 0 Å². The number of anilines is 1. The van der Waals surface area contributed by atoms with E-state index >= 15 is 0 Å². The number of para-hydroxylation sites is 1. The van der Waals surface area contributed by atoms with Crippen molar-refractivity contribution in [2.75, 3.05) is 31.1 Å². The average Bonchev–Trinajstić information content (AvgIpc) is 2.48. The fourth-order valence-corrected chi connectivity index (χ4v) is 2.15. The van der Waals surface area contributed by atoms with Gasteiger partial charge < -0.3 is 15.1 Å². The van der Waals surface area contributed by atoms with Crippen molar-refractivity contribution in [2.24, 2.45) is 0 Å². The monoisotopic (exact) mass is 259 g/mol. The molecular formula is C15H21N3O. The summed E-state index contributed by atoms with van der Waals surface area (Å²) in [4.78, 5) is 16.0. The number of allylic oxidation sites excluding steroid dienone is 1. The summed E-state index contributed by atoms with van der Waals surface area (Å²) in [5, 5.41) is 2.80. The number of hydrogen-bond acceptors (Lipinski definition) is 2. The third-order valence-corrected chi connectivity index (χ3v) is 3.25. The summed E-state index contributed by atoms with van der Waals surface area (Å²) in [6, 6.07) is 10.3. The van der Waals surface area contributed by atoms with Crippen LogP contribution in [-0.4, -0.2) is 37.1 Å². The normalized spacial score (nSPS) is 15.8. The lowest BCUT2D eigenvalue weighted by molar-refractivity contribution is 0.198. The molecule has 1 aliphatic heterocycles. The minimum absolute atomic E-state index is 0.00240. The van der Waals surface area contributed by atoms with Crippen LogP contribution in [0, 0.1) is 0 Å². The molecule has 0 aliphatic carbocycles. The number of piperazine rings is 1. The number of amides is 2. The largest absolute Gasteiger partial charge is 0.368 e. The molecule has 102 valence electrons. The molecule has 0 aromatic heterocycles. The first-order chi connectivity index (χ1) is 9.31. The highest BCUT2D eigenvalue weighted by molar-refractivity contribution is 5.75. The molecule has 0 unspecified atom stereocenters. The third kappa shape index (κ3) is 3.74. The molecule has 0 spiro atoms. The minimum atomic E-state index is -0.00240. The van der Waals surface area contributed by atoms with E-state index < -0.39 is 0 Å². The van der Waals surface area contributed by atoms with E-state index in [1.807, 2.05) is 36.1 Å². The van der Waals surface area contributed by atoms with Crippen molar-refractivity contribution in [3.8, 4) is 0 Å². The van der Waals surface area contributed by atoms with Crippen molar-refractivity contribution in [1.82, 2.24) is 10.2 Å². The maximum atomic E-state index is 11.9. The second-order valence-corrected chi connectivity index (χ2v) is 4.57. The van der Waals surface area contributed by atoms with Crippen LogP contribution < -0.4 is 10.2 Å². The maximum absolute atomic E-state index is 11.9. The van der Waals surface area contributed by atoms with Gasteiger partial charge >= 0.3 is 6.03 Å². The van der Waals surface area contributed by atoms with Crippen molar-refractivity contribution in [3.63, 3.8) is 0 Å². The molecule has 1 N–H and O–H groups in total. The highest BCUT2D eigenvalue weighted by atomic mass is 16.2. The summed E-state index contributed by atoms with van der Waals surface area (Å²) in [7, 11) is 0. The van der Waals surface area contributed by atoms with Crippen LogP contribution >= 0.6 is 0 Å². The Morgan fingerprint density at radius 1 is 1.21 bits per heavy atom. The molecule has 2 rings (SSSR count). The van der Waals surface area contributed by atoms with Gasteiger partial charge in [0.05, 0.1) is 0 Å². The summed E-state index contributed by atoms with van der Waals surface area (Å²) in [6.07, 6.45) is 4.60. The molecule has 1 aromatic carbocycles. The first-order valence-corrected chi connectivity index (χ1v) is 6.81. The first-order valence-electron chi connectivity index (χ1n) is 6.81. The minimum Gasteiger partial charge on any atom is -0.368 e. The van der Waals surface area contributed by atoms with Crippen LogP contribution in [0.5, 0.6) is 0 Å². The summed E-state index contributed by atoms with van der Waals surface area (Å²) < 4.78 is 0. The molecule has 1 aliphatic rings. The van der Waals surface area contributed by atoms with Crippen molar-refractivity contribution in [1.29, 1.82) is 0 Å². The highest BCUT2D eigenvalue weighted by Crippen LogP contribution is 2.15. The Morgan fingerprint density at radius 3 is 2.53 bits per heavy atom. The number of rotatable bonds is 3. The van der Waals surface area contributed by atoms with Crippen LogP contribution in [-0.2, 0) is 0 Å². The molecule has 4 nitrogen and oxygen atoms in total. The van der Waals surface area contributed by atoms with E-state index in [2.05, 4.69) is 22.3 Å². The van der Waals surface area contributed by atoms with Gasteiger partial charge in [-0.3, -0.25) is 0 Å². The van der Waals surface area contributed by atoms with Crippen LogP contribution in [0.15, 0.2) is 42.6 Å². The zero-order chi connectivity index (χ0) is 13.5.